The predicted molar refractivity (Wildman–Crippen MR) is 100 cm³/mol. The Morgan fingerprint density at radius 3 is 2.72 bits per heavy atom. The van der Waals surface area contributed by atoms with Crippen LogP contribution >= 0.6 is 11.3 Å². The number of nitrogens with zero attached hydrogens (tertiary/aromatic N) is 1. The summed E-state index contributed by atoms with van der Waals surface area (Å²) >= 11 is 1.41. The molecule has 1 aliphatic carbocycles. The Morgan fingerprint density at radius 2 is 2.00 bits per heavy atom. The first-order valence-corrected chi connectivity index (χ1v) is 9.62. The van der Waals surface area contributed by atoms with E-state index in [9.17, 15) is 22.4 Å². The highest BCUT2D eigenvalue weighted by molar-refractivity contribution is 7.14. The van der Waals surface area contributed by atoms with E-state index in [4.69, 9.17) is 0 Å². The molecule has 1 unspecified atom stereocenters. The Balaban J connectivity index is 1.69. The van der Waals surface area contributed by atoms with Gasteiger partial charge in [-0.3, -0.25) is 4.79 Å². The summed E-state index contributed by atoms with van der Waals surface area (Å²) in [7, 11) is 0. The molecule has 0 saturated carbocycles. The van der Waals surface area contributed by atoms with Gasteiger partial charge in [-0.1, -0.05) is 6.92 Å². The number of carbonyl (C=O) groups excluding carboxylic acids is 1. The second-order valence-electron chi connectivity index (χ2n) is 6.56. The van der Waals surface area contributed by atoms with Gasteiger partial charge in [0.25, 0.3) is 5.91 Å². The third-order valence-corrected chi connectivity index (χ3v) is 5.58. The van der Waals surface area contributed by atoms with Gasteiger partial charge in [0.2, 0.25) is 0 Å². The van der Waals surface area contributed by atoms with E-state index in [1.807, 2.05) is 6.07 Å². The molecule has 0 aliphatic heterocycles. The number of amides is 1. The molecule has 1 heterocycles. The van der Waals surface area contributed by atoms with Gasteiger partial charge in [0.1, 0.15) is 11.5 Å². The number of hydrogen-bond donors (Lipinski definition) is 1. The zero-order chi connectivity index (χ0) is 21.0. The summed E-state index contributed by atoms with van der Waals surface area (Å²) in [6.07, 6.45) is 4.06. The molecular weight excluding hydrogens is 412 g/mol. The molecule has 0 radical (unpaired) electrons. The molecule has 1 atom stereocenters. The summed E-state index contributed by atoms with van der Waals surface area (Å²) in [6.45, 7) is -4.10. The van der Waals surface area contributed by atoms with Crippen LogP contribution in [0.1, 0.15) is 39.0 Å². The van der Waals surface area contributed by atoms with Crippen LogP contribution in [0, 0.1) is 5.92 Å². The van der Waals surface area contributed by atoms with E-state index in [1.165, 1.54) is 27.8 Å². The number of rotatable bonds is 7. The highest BCUT2D eigenvalue weighted by atomic mass is 32.1. The smallest absolute Gasteiger partial charge is 0.387 e. The van der Waals surface area contributed by atoms with Crippen LogP contribution in [0.3, 0.4) is 0 Å². The number of ether oxygens (including phenoxy) is 2. The Labute approximate surface area is 168 Å². The Kier molecular flexibility index (Phi) is 6.73. The van der Waals surface area contributed by atoms with Crippen LogP contribution in [-0.4, -0.2) is 25.3 Å². The number of hydrogen-bond acceptors (Lipinski definition) is 5. The number of hydrazone groups is 1. The number of benzene rings is 1. The fourth-order valence-corrected chi connectivity index (χ4v) is 4.13. The van der Waals surface area contributed by atoms with Gasteiger partial charge in [-0.2, -0.15) is 22.7 Å². The lowest BCUT2D eigenvalue weighted by Crippen LogP contribution is -2.16. The summed E-state index contributed by atoms with van der Waals surface area (Å²) in [4.78, 5) is 14.0. The van der Waals surface area contributed by atoms with Gasteiger partial charge in [-0.05, 0) is 48.9 Å². The molecule has 0 saturated heterocycles. The highest BCUT2D eigenvalue weighted by Crippen LogP contribution is 2.32. The largest absolute Gasteiger partial charge is 0.435 e. The molecule has 3 rings (SSSR count). The normalized spacial score (nSPS) is 16.3. The summed E-state index contributed by atoms with van der Waals surface area (Å²) in [5, 5.41) is 3.77. The molecule has 156 valence electrons. The first-order chi connectivity index (χ1) is 13.8. The van der Waals surface area contributed by atoms with Gasteiger partial charge in [0.15, 0.2) is 0 Å². The Morgan fingerprint density at radius 1 is 1.24 bits per heavy atom. The zero-order valence-corrected chi connectivity index (χ0v) is 16.1. The highest BCUT2D eigenvalue weighted by Gasteiger charge is 2.20. The van der Waals surface area contributed by atoms with Crippen molar-refractivity contribution in [2.45, 2.75) is 39.4 Å². The van der Waals surface area contributed by atoms with Crippen LogP contribution in [0.2, 0.25) is 0 Å². The standard InChI is InChI=1S/C19H18F4N2O3S/c1-10-2-5-15-12(6-10)7-16(29-15)17(26)25-24-9-11-3-4-13(27-18(20)21)8-14(11)28-19(22)23/h3-4,7-10,18-19H,2,5-6H2,1H3,(H,25,26)/b24-9+. The third kappa shape index (κ3) is 5.69. The first-order valence-electron chi connectivity index (χ1n) is 8.80. The predicted octanol–water partition coefficient (Wildman–Crippen LogP) is 4.84. The molecular formula is C19H18F4N2O3S. The molecule has 1 aromatic heterocycles. The molecule has 0 bridgehead atoms. The molecule has 1 amide bonds. The fourth-order valence-electron chi connectivity index (χ4n) is 3.03. The lowest BCUT2D eigenvalue weighted by atomic mass is 9.90. The van der Waals surface area contributed by atoms with E-state index < -0.39 is 24.9 Å². The van der Waals surface area contributed by atoms with Crippen molar-refractivity contribution in [3.05, 3.63) is 45.1 Å². The number of alkyl halides is 4. The molecule has 1 aromatic carbocycles. The van der Waals surface area contributed by atoms with E-state index >= 15 is 0 Å². The van der Waals surface area contributed by atoms with Crippen LogP contribution in [0.25, 0.3) is 0 Å². The number of halogens is 4. The number of carbonyl (C=O) groups is 1. The Hall–Kier alpha value is -2.62. The molecule has 0 spiro atoms. The monoisotopic (exact) mass is 430 g/mol. The quantitative estimate of drug-likeness (QED) is 0.389. The van der Waals surface area contributed by atoms with Crippen LogP contribution in [0.5, 0.6) is 11.5 Å². The summed E-state index contributed by atoms with van der Waals surface area (Å²) < 4.78 is 58.2. The van der Waals surface area contributed by atoms with Crippen molar-refractivity contribution in [2.24, 2.45) is 11.0 Å². The van der Waals surface area contributed by atoms with E-state index in [1.54, 1.807) is 0 Å². The van der Waals surface area contributed by atoms with E-state index in [-0.39, 0.29) is 11.3 Å². The average Bonchev–Trinajstić information content (AvgIpc) is 3.05. The van der Waals surface area contributed by atoms with Crippen molar-refractivity contribution in [1.29, 1.82) is 0 Å². The third-order valence-electron chi connectivity index (χ3n) is 4.35. The van der Waals surface area contributed by atoms with E-state index in [0.717, 1.165) is 37.6 Å². The number of fused-ring (bicyclic) bond motifs is 1. The molecule has 5 nitrogen and oxygen atoms in total. The van der Waals surface area contributed by atoms with Crippen molar-refractivity contribution >= 4 is 23.5 Å². The summed E-state index contributed by atoms with van der Waals surface area (Å²) in [5.41, 5.74) is 3.57. The van der Waals surface area contributed by atoms with Crippen LogP contribution in [-0.2, 0) is 12.8 Å². The Bertz CT molecular complexity index is 902. The number of aryl methyl sites for hydroxylation is 1. The minimum absolute atomic E-state index is 0.0616. The maximum absolute atomic E-state index is 12.6. The van der Waals surface area contributed by atoms with Gasteiger partial charge >= 0.3 is 13.2 Å². The van der Waals surface area contributed by atoms with Crippen LogP contribution < -0.4 is 14.9 Å². The van der Waals surface area contributed by atoms with Crippen molar-refractivity contribution in [3.63, 3.8) is 0 Å². The van der Waals surface area contributed by atoms with Gasteiger partial charge in [0.05, 0.1) is 11.1 Å². The van der Waals surface area contributed by atoms with Gasteiger partial charge in [-0.25, -0.2) is 5.43 Å². The molecule has 29 heavy (non-hydrogen) atoms. The minimum Gasteiger partial charge on any atom is -0.435 e. The molecule has 1 aliphatic rings. The first kappa shape index (κ1) is 21.1. The lowest BCUT2D eigenvalue weighted by Gasteiger charge is -2.16. The van der Waals surface area contributed by atoms with E-state index in [0.29, 0.717) is 10.8 Å². The SMILES string of the molecule is CC1CCc2sc(C(=O)N/N=C/c3ccc(OC(F)F)cc3OC(F)F)cc2C1. The summed E-state index contributed by atoms with van der Waals surface area (Å²) in [5.74, 6) is -0.578. The summed E-state index contributed by atoms with van der Waals surface area (Å²) in [6, 6.07) is 5.12. The number of thiophene rings is 1. The van der Waals surface area contributed by atoms with Crippen molar-refractivity contribution < 1.29 is 31.8 Å². The maximum Gasteiger partial charge on any atom is 0.387 e. The molecule has 1 N–H and O–H groups in total. The minimum atomic E-state index is -3.17. The van der Waals surface area contributed by atoms with Crippen molar-refractivity contribution in [3.8, 4) is 11.5 Å². The average molecular weight is 430 g/mol. The second-order valence-corrected chi connectivity index (χ2v) is 7.70. The van der Waals surface area contributed by atoms with Gasteiger partial charge in [-0.15, -0.1) is 11.3 Å². The van der Waals surface area contributed by atoms with Gasteiger partial charge < -0.3 is 9.47 Å². The van der Waals surface area contributed by atoms with Crippen molar-refractivity contribution in [2.75, 3.05) is 0 Å². The lowest BCUT2D eigenvalue weighted by molar-refractivity contribution is -0.0543. The second kappa shape index (κ2) is 9.25. The molecule has 2 aromatic rings. The maximum atomic E-state index is 12.6. The molecule has 0 fully saturated rings. The van der Waals surface area contributed by atoms with Crippen LogP contribution in [0.15, 0.2) is 29.4 Å². The van der Waals surface area contributed by atoms with Crippen molar-refractivity contribution in [1.82, 2.24) is 5.43 Å². The zero-order valence-electron chi connectivity index (χ0n) is 15.3. The van der Waals surface area contributed by atoms with Crippen LogP contribution in [0.4, 0.5) is 17.6 Å². The van der Waals surface area contributed by atoms with E-state index in [2.05, 4.69) is 26.9 Å². The topological polar surface area (TPSA) is 59.9 Å². The molecule has 10 heteroatoms. The number of nitrogens with one attached hydrogen (secondary N) is 1. The van der Waals surface area contributed by atoms with Gasteiger partial charge in [0, 0.05) is 16.5 Å². The fraction of sp³-hybridized carbons (Fsp3) is 0.368.